The highest BCUT2D eigenvalue weighted by Crippen LogP contribution is 2.41. The van der Waals surface area contributed by atoms with Crippen LogP contribution in [0.2, 0.25) is 0 Å². The molecule has 0 aromatic heterocycles. The Kier molecular flexibility index (Phi) is 5.40. The maximum atomic E-state index is 12.8. The molecule has 29 heavy (non-hydrogen) atoms. The van der Waals surface area contributed by atoms with Crippen molar-refractivity contribution in [1.29, 1.82) is 0 Å². The number of aryl methyl sites for hydroxylation is 1. The van der Waals surface area contributed by atoms with Gasteiger partial charge in [0.15, 0.2) is 15.0 Å². The van der Waals surface area contributed by atoms with E-state index in [4.69, 9.17) is 4.74 Å². The van der Waals surface area contributed by atoms with Gasteiger partial charge in [-0.15, -0.1) is 0 Å². The summed E-state index contributed by atoms with van der Waals surface area (Å²) in [5, 5.41) is 0.426. The van der Waals surface area contributed by atoms with E-state index in [0.717, 1.165) is 12.1 Å². The van der Waals surface area contributed by atoms with Crippen LogP contribution in [0.25, 0.3) is 0 Å². The van der Waals surface area contributed by atoms with E-state index in [1.165, 1.54) is 17.3 Å². The zero-order chi connectivity index (χ0) is 20.6. The summed E-state index contributed by atoms with van der Waals surface area (Å²) < 4.78 is 29.6. The minimum atomic E-state index is -3.09. The number of anilines is 1. The second-order valence-corrected chi connectivity index (χ2v) is 10.5. The van der Waals surface area contributed by atoms with Crippen LogP contribution in [0.15, 0.2) is 53.5 Å². The van der Waals surface area contributed by atoms with Crippen LogP contribution < -0.4 is 9.64 Å². The first-order chi connectivity index (χ1) is 13.9. The number of ether oxygens (including phenoxy) is 1. The number of amidine groups is 1. The smallest absolute Gasteiger partial charge is 0.279 e. The van der Waals surface area contributed by atoms with Gasteiger partial charge in [-0.1, -0.05) is 36.9 Å². The quantitative estimate of drug-likeness (QED) is 0.742. The van der Waals surface area contributed by atoms with Crippen LogP contribution in [0.4, 0.5) is 5.69 Å². The molecule has 2 fully saturated rings. The molecule has 152 valence electrons. The van der Waals surface area contributed by atoms with E-state index in [1.807, 2.05) is 29.2 Å². The summed E-state index contributed by atoms with van der Waals surface area (Å²) >= 11 is 1.37. The molecule has 2 aromatic carbocycles. The van der Waals surface area contributed by atoms with E-state index in [1.54, 1.807) is 31.4 Å². The maximum absolute atomic E-state index is 12.8. The lowest BCUT2D eigenvalue weighted by Crippen LogP contribution is -2.37. The number of benzene rings is 2. The highest BCUT2D eigenvalue weighted by Gasteiger charge is 2.49. The van der Waals surface area contributed by atoms with Crippen LogP contribution in [0.1, 0.15) is 22.8 Å². The molecular formula is C21H22N2O4S2. The van der Waals surface area contributed by atoms with Crippen LogP contribution in [-0.4, -0.2) is 49.4 Å². The van der Waals surface area contributed by atoms with Gasteiger partial charge in [0.25, 0.3) is 5.91 Å². The van der Waals surface area contributed by atoms with E-state index in [9.17, 15) is 13.2 Å². The number of hydrogen-bond acceptors (Lipinski definition) is 5. The Hall–Kier alpha value is -2.32. The number of hydrogen-bond donors (Lipinski definition) is 0. The van der Waals surface area contributed by atoms with Gasteiger partial charge in [-0.2, -0.15) is 4.99 Å². The first kappa shape index (κ1) is 20.0. The molecule has 2 atom stereocenters. The molecule has 2 saturated heterocycles. The first-order valence-corrected chi connectivity index (χ1v) is 12.1. The molecule has 2 aromatic rings. The number of thioether (sulfide) groups is 1. The van der Waals surface area contributed by atoms with Gasteiger partial charge in [-0.3, -0.25) is 4.79 Å². The highest BCUT2D eigenvalue weighted by molar-refractivity contribution is 8.16. The standard InChI is InChI=1S/C21H22N2O4S2/c1-3-14-7-9-16(10-8-14)23-18-12-29(25,26)13-19(18)28-21(23)22-20(24)15-5-4-6-17(11-15)27-2/h4-11,18-19H,3,12-13H2,1-2H3. The van der Waals surface area contributed by atoms with Crippen LogP contribution in [0, 0.1) is 0 Å². The van der Waals surface area contributed by atoms with Crippen molar-refractivity contribution in [3.8, 4) is 5.75 Å². The number of nitrogens with zero attached hydrogens (tertiary/aromatic N) is 2. The van der Waals surface area contributed by atoms with E-state index in [0.29, 0.717) is 16.5 Å². The van der Waals surface area contributed by atoms with Crippen molar-refractivity contribution >= 4 is 38.4 Å². The molecule has 8 heteroatoms. The number of rotatable bonds is 4. The number of carbonyl (C=O) groups is 1. The Labute approximate surface area is 174 Å². The minimum Gasteiger partial charge on any atom is -0.497 e. The van der Waals surface area contributed by atoms with Gasteiger partial charge in [-0.05, 0) is 42.3 Å². The molecule has 0 N–H and O–H groups in total. The van der Waals surface area contributed by atoms with Gasteiger partial charge < -0.3 is 9.64 Å². The van der Waals surface area contributed by atoms with E-state index in [2.05, 4.69) is 11.9 Å². The number of sulfone groups is 1. The number of methoxy groups -OCH3 is 1. The van der Waals surface area contributed by atoms with Crippen LogP contribution in [0.5, 0.6) is 5.75 Å². The molecule has 0 bridgehead atoms. The summed E-state index contributed by atoms with van der Waals surface area (Å²) in [6.07, 6.45) is 0.921. The van der Waals surface area contributed by atoms with Crippen molar-refractivity contribution in [3.05, 3.63) is 59.7 Å². The second-order valence-electron chi connectivity index (χ2n) is 7.12. The van der Waals surface area contributed by atoms with Crippen molar-refractivity contribution in [1.82, 2.24) is 0 Å². The maximum Gasteiger partial charge on any atom is 0.279 e. The summed E-state index contributed by atoms with van der Waals surface area (Å²) in [5.41, 5.74) is 2.49. The average molecular weight is 431 g/mol. The number of carbonyl (C=O) groups excluding carboxylic acids is 1. The molecule has 2 unspecified atom stereocenters. The average Bonchev–Trinajstić information content (AvgIpc) is 3.18. The lowest BCUT2D eigenvalue weighted by molar-refractivity contribution is 0.100. The summed E-state index contributed by atoms with van der Waals surface area (Å²) in [6.45, 7) is 2.08. The van der Waals surface area contributed by atoms with Gasteiger partial charge >= 0.3 is 0 Å². The zero-order valence-corrected chi connectivity index (χ0v) is 17.9. The fourth-order valence-corrected chi connectivity index (χ4v) is 7.58. The molecule has 1 amide bonds. The lowest BCUT2D eigenvalue weighted by atomic mass is 10.1. The Morgan fingerprint density at radius 3 is 2.66 bits per heavy atom. The van der Waals surface area contributed by atoms with Gasteiger partial charge in [0, 0.05) is 16.5 Å². The SMILES string of the molecule is CCc1ccc(N2C(=NC(=O)c3cccc(OC)c3)SC3CS(=O)(=O)CC32)cc1. The predicted molar refractivity (Wildman–Crippen MR) is 117 cm³/mol. The molecule has 6 nitrogen and oxygen atoms in total. The zero-order valence-electron chi connectivity index (χ0n) is 16.2. The van der Waals surface area contributed by atoms with Crippen molar-refractivity contribution in [2.75, 3.05) is 23.5 Å². The molecular weight excluding hydrogens is 408 g/mol. The van der Waals surface area contributed by atoms with Crippen molar-refractivity contribution in [2.24, 2.45) is 4.99 Å². The third kappa shape index (κ3) is 4.04. The van der Waals surface area contributed by atoms with Gasteiger partial charge in [0.05, 0.1) is 24.7 Å². The summed E-state index contributed by atoms with van der Waals surface area (Å²) in [6, 6.07) is 14.6. The number of aliphatic imine (C=N–C) groups is 1. The second kappa shape index (κ2) is 7.84. The summed E-state index contributed by atoms with van der Waals surface area (Å²) in [5.74, 6) is 0.402. The molecule has 2 aliphatic rings. The fourth-order valence-electron chi connectivity index (χ4n) is 3.67. The molecule has 2 aliphatic heterocycles. The Morgan fingerprint density at radius 1 is 1.21 bits per heavy atom. The first-order valence-electron chi connectivity index (χ1n) is 9.42. The molecule has 2 heterocycles. The lowest BCUT2D eigenvalue weighted by Gasteiger charge is -2.24. The Morgan fingerprint density at radius 2 is 1.97 bits per heavy atom. The molecule has 4 rings (SSSR count). The molecule has 0 radical (unpaired) electrons. The fraction of sp³-hybridized carbons (Fsp3) is 0.333. The van der Waals surface area contributed by atoms with Crippen LogP contribution in [0.3, 0.4) is 0 Å². The third-order valence-electron chi connectivity index (χ3n) is 5.20. The van der Waals surface area contributed by atoms with Crippen LogP contribution >= 0.6 is 11.8 Å². The Bertz CT molecular complexity index is 1060. The van der Waals surface area contributed by atoms with Gasteiger partial charge in [0.1, 0.15) is 5.75 Å². The molecule has 0 aliphatic carbocycles. The van der Waals surface area contributed by atoms with Crippen LogP contribution in [-0.2, 0) is 16.3 Å². The third-order valence-corrected chi connectivity index (χ3v) is 8.41. The Balaban J connectivity index is 1.70. The van der Waals surface area contributed by atoms with Gasteiger partial charge in [0.2, 0.25) is 0 Å². The predicted octanol–water partition coefficient (Wildman–Crippen LogP) is 3.17. The summed E-state index contributed by atoms with van der Waals surface area (Å²) in [4.78, 5) is 19.1. The molecule has 0 spiro atoms. The molecule has 0 saturated carbocycles. The topological polar surface area (TPSA) is 76.0 Å². The highest BCUT2D eigenvalue weighted by atomic mass is 32.2. The largest absolute Gasteiger partial charge is 0.497 e. The monoisotopic (exact) mass is 430 g/mol. The van der Waals surface area contributed by atoms with Crippen molar-refractivity contribution in [2.45, 2.75) is 24.6 Å². The normalized spacial score (nSPS) is 23.9. The van der Waals surface area contributed by atoms with E-state index < -0.39 is 9.84 Å². The number of amides is 1. The van der Waals surface area contributed by atoms with Crippen molar-refractivity contribution in [3.63, 3.8) is 0 Å². The van der Waals surface area contributed by atoms with Crippen molar-refractivity contribution < 1.29 is 17.9 Å². The number of fused-ring (bicyclic) bond motifs is 1. The van der Waals surface area contributed by atoms with Gasteiger partial charge in [-0.25, -0.2) is 8.42 Å². The van der Waals surface area contributed by atoms with E-state index in [-0.39, 0.29) is 28.7 Å². The summed E-state index contributed by atoms with van der Waals surface area (Å²) in [7, 11) is -1.54. The van der Waals surface area contributed by atoms with E-state index >= 15 is 0 Å². The minimum absolute atomic E-state index is 0.0760.